The van der Waals surface area contributed by atoms with Gasteiger partial charge in [0.2, 0.25) is 0 Å². The molecule has 2 N–H and O–H groups in total. The second kappa shape index (κ2) is 7.07. The zero-order valence-electron chi connectivity index (χ0n) is 7.97. The molecule has 7 heteroatoms. The summed E-state index contributed by atoms with van der Waals surface area (Å²) in [5.74, 6) is -0.557. The summed E-state index contributed by atoms with van der Waals surface area (Å²) < 4.78 is 4.61. The van der Waals surface area contributed by atoms with E-state index in [-0.39, 0.29) is 13.2 Å². The van der Waals surface area contributed by atoms with Crippen LogP contribution in [0.1, 0.15) is 19.8 Å². The molecule has 0 saturated carbocycles. The van der Waals surface area contributed by atoms with Crippen LogP contribution in [0.15, 0.2) is 0 Å². The molecule has 0 fully saturated rings. The smallest absolute Gasteiger partial charge is 0.322 e. The number of rotatable bonds is 7. The number of nitrogens with two attached hydrogens (primary N) is 1. The van der Waals surface area contributed by atoms with Gasteiger partial charge in [-0.3, -0.25) is 4.79 Å². The van der Waals surface area contributed by atoms with Crippen molar-refractivity contribution in [3.8, 4) is 0 Å². The van der Waals surface area contributed by atoms with Crippen molar-refractivity contribution in [1.82, 2.24) is 0 Å². The Bertz CT molecular complexity index is 197. The SMILES string of the molecule is CCCC(N)C(=O)OCCO[N+](=O)[O-]. The van der Waals surface area contributed by atoms with Gasteiger partial charge in [-0.2, -0.15) is 0 Å². The molecule has 0 aliphatic heterocycles. The van der Waals surface area contributed by atoms with Crippen molar-refractivity contribution in [1.29, 1.82) is 0 Å². The molecule has 0 amide bonds. The molecule has 0 heterocycles. The molecule has 0 aliphatic rings. The third-order valence-corrected chi connectivity index (χ3v) is 1.43. The van der Waals surface area contributed by atoms with Gasteiger partial charge >= 0.3 is 5.97 Å². The largest absolute Gasteiger partial charge is 0.462 e. The molecule has 0 bridgehead atoms. The number of carbonyl (C=O) groups is 1. The van der Waals surface area contributed by atoms with E-state index < -0.39 is 17.1 Å². The summed E-state index contributed by atoms with van der Waals surface area (Å²) in [5.41, 5.74) is 5.42. The van der Waals surface area contributed by atoms with E-state index in [4.69, 9.17) is 5.73 Å². The summed E-state index contributed by atoms with van der Waals surface area (Å²) in [4.78, 5) is 24.6. The summed E-state index contributed by atoms with van der Waals surface area (Å²) in [6.45, 7) is 1.47. The number of hydrogen-bond acceptors (Lipinski definition) is 6. The summed E-state index contributed by atoms with van der Waals surface area (Å²) in [6.07, 6.45) is 1.32. The van der Waals surface area contributed by atoms with Gasteiger partial charge in [0.15, 0.2) is 0 Å². The quantitative estimate of drug-likeness (QED) is 0.269. The fourth-order valence-corrected chi connectivity index (χ4v) is 0.790. The molecule has 82 valence electrons. The second-order valence-electron chi connectivity index (χ2n) is 2.62. The van der Waals surface area contributed by atoms with Crippen LogP contribution < -0.4 is 5.73 Å². The maximum Gasteiger partial charge on any atom is 0.322 e. The normalized spacial score (nSPS) is 11.9. The van der Waals surface area contributed by atoms with Crippen LogP contribution >= 0.6 is 0 Å². The van der Waals surface area contributed by atoms with Crippen LogP contribution in [0.5, 0.6) is 0 Å². The third kappa shape index (κ3) is 6.18. The van der Waals surface area contributed by atoms with Crippen LogP contribution in [-0.4, -0.2) is 30.3 Å². The predicted octanol–water partition coefficient (Wildman–Crippen LogP) is -0.135. The van der Waals surface area contributed by atoms with Gasteiger partial charge in [-0.15, -0.1) is 10.1 Å². The molecule has 7 nitrogen and oxygen atoms in total. The van der Waals surface area contributed by atoms with E-state index in [0.717, 1.165) is 6.42 Å². The van der Waals surface area contributed by atoms with Crippen LogP contribution in [0.4, 0.5) is 0 Å². The lowest BCUT2D eigenvalue weighted by atomic mass is 10.2. The highest BCUT2D eigenvalue weighted by Crippen LogP contribution is 1.95. The Kier molecular flexibility index (Phi) is 6.38. The van der Waals surface area contributed by atoms with Crippen molar-refractivity contribution >= 4 is 5.97 Å². The predicted molar refractivity (Wildman–Crippen MR) is 46.8 cm³/mol. The summed E-state index contributed by atoms with van der Waals surface area (Å²) >= 11 is 0. The van der Waals surface area contributed by atoms with Gasteiger partial charge in [-0.1, -0.05) is 13.3 Å². The molecule has 1 unspecified atom stereocenters. The van der Waals surface area contributed by atoms with Gasteiger partial charge < -0.3 is 15.3 Å². The van der Waals surface area contributed by atoms with Crippen LogP contribution in [0.25, 0.3) is 0 Å². The monoisotopic (exact) mass is 206 g/mol. The minimum absolute atomic E-state index is 0.156. The molecule has 0 aromatic carbocycles. The fraction of sp³-hybridized carbons (Fsp3) is 0.857. The average molecular weight is 206 g/mol. The molecule has 0 aromatic heterocycles. The first-order valence-corrected chi connectivity index (χ1v) is 4.27. The number of esters is 1. The van der Waals surface area contributed by atoms with Crippen molar-refractivity contribution in [3.63, 3.8) is 0 Å². The molecule has 0 aliphatic carbocycles. The summed E-state index contributed by atoms with van der Waals surface area (Å²) in [7, 11) is 0. The van der Waals surface area contributed by atoms with Gasteiger partial charge in [0.1, 0.15) is 19.3 Å². The van der Waals surface area contributed by atoms with Gasteiger partial charge in [-0.25, -0.2) is 0 Å². The lowest BCUT2D eigenvalue weighted by Gasteiger charge is -2.09. The second-order valence-corrected chi connectivity index (χ2v) is 2.62. The average Bonchev–Trinajstić information content (AvgIpc) is 2.12. The van der Waals surface area contributed by atoms with Gasteiger partial charge in [0.05, 0.1) is 0 Å². The molecular weight excluding hydrogens is 192 g/mol. The molecular formula is C7H14N2O5. The standard InChI is InChI=1S/C7H14N2O5/c1-2-3-6(8)7(10)13-4-5-14-9(11)12/h6H,2-5,8H2,1H3. The van der Waals surface area contributed by atoms with Crippen molar-refractivity contribution in [2.75, 3.05) is 13.2 Å². The molecule has 0 rings (SSSR count). The highest BCUT2D eigenvalue weighted by Gasteiger charge is 2.13. The topological polar surface area (TPSA) is 105 Å². The maximum atomic E-state index is 11.0. The minimum atomic E-state index is -0.945. The molecule has 14 heavy (non-hydrogen) atoms. The Morgan fingerprint density at radius 2 is 2.21 bits per heavy atom. The van der Waals surface area contributed by atoms with Crippen LogP contribution in [0.3, 0.4) is 0 Å². The number of carbonyl (C=O) groups excluding carboxylic acids is 1. The van der Waals surface area contributed by atoms with E-state index >= 15 is 0 Å². The zero-order valence-corrected chi connectivity index (χ0v) is 7.97. The maximum absolute atomic E-state index is 11.0. The summed E-state index contributed by atoms with van der Waals surface area (Å²) in [5, 5.41) is 8.75. The number of ether oxygens (including phenoxy) is 1. The zero-order chi connectivity index (χ0) is 11.0. The van der Waals surface area contributed by atoms with E-state index in [0.29, 0.717) is 6.42 Å². The molecule has 0 spiro atoms. The first-order chi connectivity index (χ1) is 6.57. The van der Waals surface area contributed by atoms with Gasteiger partial charge in [-0.05, 0) is 6.42 Å². The van der Waals surface area contributed by atoms with E-state index in [1.54, 1.807) is 0 Å². The first kappa shape index (κ1) is 12.6. The molecule has 0 saturated heterocycles. The van der Waals surface area contributed by atoms with Crippen molar-refractivity contribution in [2.45, 2.75) is 25.8 Å². The number of nitrogens with zero attached hydrogens (tertiary/aromatic N) is 1. The fourth-order valence-electron chi connectivity index (χ4n) is 0.790. The van der Waals surface area contributed by atoms with E-state index in [1.165, 1.54) is 0 Å². The van der Waals surface area contributed by atoms with E-state index in [9.17, 15) is 14.9 Å². The van der Waals surface area contributed by atoms with Gasteiger partial charge in [0.25, 0.3) is 5.09 Å². The Morgan fingerprint density at radius 1 is 1.57 bits per heavy atom. The molecule has 1 atom stereocenters. The number of hydrogen-bond donors (Lipinski definition) is 1. The third-order valence-electron chi connectivity index (χ3n) is 1.43. The highest BCUT2D eigenvalue weighted by molar-refractivity contribution is 5.75. The van der Waals surface area contributed by atoms with Crippen LogP contribution in [-0.2, 0) is 14.4 Å². The van der Waals surface area contributed by atoms with Gasteiger partial charge in [0, 0.05) is 0 Å². The van der Waals surface area contributed by atoms with Crippen LogP contribution in [0, 0.1) is 10.1 Å². The summed E-state index contributed by atoms with van der Waals surface area (Å²) in [6, 6.07) is -0.657. The Balaban J connectivity index is 3.48. The Hall–Kier alpha value is -1.37. The Morgan fingerprint density at radius 3 is 2.71 bits per heavy atom. The van der Waals surface area contributed by atoms with Crippen molar-refractivity contribution < 1.29 is 19.5 Å². The van der Waals surface area contributed by atoms with Crippen molar-refractivity contribution in [2.24, 2.45) is 5.73 Å². The Labute approximate surface area is 81.3 Å². The first-order valence-electron chi connectivity index (χ1n) is 4.27. The lowest BCUT2D eigenvalue weighted by molar-refractivity contribution is -0.757. The van der Waals surface area contributed by atoms with Crippen LogP contribution in [0.2, 0.25) is 0 Å². The minimum Gasteiger partial charge on any atom is -0.462 e. The lowest BCUT2D eigenvalue weighted by Crippen LogP contribution is -2.32. The molecule has 0 aromatic rings. The highest BCUT2D eigenvalue weighted by atomic mass is 17.0. The van der Waals surface area contributed by atoms with Crippen molar-refractivity contribution in [3.05, 3.63) is 10.1 Å². The van der Waals surface area contributed by atoms with E-state index in [2.05, 4.69) is 9.57 Å². The van der Waals surface area contributed by atoms with E-state index in [1.807, 2.05) is 6.92 Å². The molecule has 0 radical (unpaired) electrons.